The molecule has 6 heteroatoms. The molecule has 1 aliphatic heterocycles. The number of carbonyl (C=O) groups is 1. The highest BCUT2D eigenvalue weighted by molar-refractivity contribution is 6.30. The summed E-state index contributed by atoms with van der Waals surface area (Å²) in [5.74, 6) is 1.49. The van der Waals surface area contributed by atoms with Gasteiger partial charge >= 0.3 is 0 Å². The van der Waals surface area contributed by atoms with Gasteiger partial charge in [0.05, 0.1) is 6.54 Å². The summed E-state index contributed by atoms with van der Waals surface area (Å²) in [6.45, 7) is 5.51. The number of amides is 1. The van der Waals surface area contributed by atoms with Crippen molar-refractivity contribution >= 4 is 23.3 Å². The lowest BCUT2D eigenvalue weighted by Crippen LogP contribution is -2.49. The summed E-state index contributed by atoms with van der Waals surface area (Å²) in [5, 5.41) is 0.457. The van der Waals surface area contributed by atoms with Crippen LogP contribution in [0.4, 0.5) is 5.82 Å². The Hall–Kier alpha value is -1.36. The zero-order chi connectivity index (χ0) is 12.6. The number of hydrogen-bond donors (Lipinski definition) is 0. The summed E-state index contributed by atoms with van der Waals surface area (Å²) < 4.78 is 0. The van der Waals surface area contributed by atoms with Crippen LogP contribution in [0.1, 0.15) is 11.4 Å². The van der Waals surface area contributed by atoms with E-state index in [0.29, 0.717) is 24.1 Å². The molecule has 0 atom stereocenters. The molecule has 1 fully saturated rings. The van der Waals surface area contributed by atoms with Crippen molar-refractivity contribution in [3.8, 4) is 0 Å². The van der Waals surface area contributed by atoms with E-state index in [9.17, 15) is 4.79 Å². The van der Waals surface area contributed by atoms with Crippen molar-refractivity contribution in [3.05, 3.63) is 16.5 Å². The van der Waals surface area contributed by atoms with E-state index in [1.807, 2.05) is 18.9 Å². The van der Waals surface area contributed by atoms with Crippen LogP contribution in [0.15, 0.2) is 0 Å². The fraction of sp³-hybridized carbons (Fsp3) is 0.545. The Bertz CT molecular complexity index is 463. The Morgan fingerprint density at radius 3 is 2.59 bits per heavy atom. The molecule has 0 aromatic carbocycles. The molecule has 0 N–H and O–H groups in total. The fourth-order valence-corrected chi connectivity index (χ4v) is 2.03. The van der Waals surface area contributed by atoms with Crippen molar-refractivity contribution in [2.45, 2.75) is 13.8 Å². The highest BCUT2D eigenvalue weighted by Crippen LogP contribution is 2.24. The van der Waals surface area contributed by atoms with Crippen LogP contribution >= 0.6 is 11.6 Å². The van der Waals surface area contributed by atoms with Crippen molar-refractivity contribution in [1.29, 1.82) is 0 Å². The molecule has 5 nitrogen and oxygen atoms in total. The third-order valence-electron chi connectivity index (χ3n) is 2.93. The minimum Gasteiger partial charge on any atom is -0.345 e. The Morgan fingerprint density at radius 1 is 1.24 bits per heavy atom. The number of piperazine rings is 1. The summed E-state index contributed by atoms with van der Waals surface area (Å²) in [7, 11) is 1.81. The van der Waals surface area contributed by atoms with E-state index in [1.54, 1.807) is 11.8 Å². The summed E-state index contributed by atoms with van der Waals surface area (Å²) in [5.41, 5.74) is 0.828. The predicted octanol–water partition coefficient (Wildman–Crippen LogP) is 1.03. The lowest BCUT2D eigenvalue weighted by Gasteiger charge is -2.33. The van der Waals surface area contributed by atoms with Gasteiger partial charge in [-0.1, -0.05) is 11.6 Å². The number of nitrogens with zero attached hydrogens (tertiary/aromatic N) is 4. The van der Waals surface area contributed by atoms with Crippen molar-refractivity contribution in [3.63, 3.8) is 0 Å². The van der Waals surface area contributed by atoms with Crippen molar-refractivity contribution in [2.75, 3.05) is 31.6 Å². The molecule has 0 aliphatic carbocycles. The van der Waals surface area contributed by atoms with Crippen LogP contribution in [-0.4, -0.2) is 47.5 Å². The van der Waals surface area contributed by atoms with Gasteiger partial charge in [-0.15, -0.1) is 0 Å². The zero-order valence-corrected chi connectivity index (χ0v) is 11.0. The molecule has 2 rings (SSSR count). The third-order valence-corrected chi connectivity index (χ3v) is 3.30. The molecule has 0 spiro atoms. The fourth-order valence-electron chi connectivity index (χ4n) is 1.83. The number of likely N-dealkylation sites (N-methyl/N-ethyl adjacent to an activating group) is 1. The van der Waals surface area contributed by atoms with Crippen molar-refractivity contribution < 1.29 is 4.79 Å². The molecule has 1 aliphatic rings. The lowest BCUT2D eigenvalue weighted by molar-refractivity contribution is -0.129. The van der Waals surface area contributed by atoms with Crippen LogP contribution in [0.5, 0.6) is 0 Å². The van der Waals surface area contributed by atoms with Gasteiger partial charge in [0.1, 0.15) is 16.8 Å². The van der Waals surface area contributed by atoms with Gasteiger partial charge in [-0.3, -0.25) is 4.79 Å². The molecule has 1 aromatic rings. The van der Waals surface area contributed by atoms with E-state index < -0.39 is 0 Å². The van der Waals surface area contributed by atoms with Gasteiger partial charge in [-0.05, 0) is 13.8 Å². The van der Waals surface area contributed by atoms with E-state index in [2.05, 4.69) is 9.97 Å². The average Bonchev–Trinajstić information content (AvgIpc) is 2.27. The van der Waals surface area contributed by atoms with E-state index in [4.69, 9.17) is 11.6 Å². The molecule has 1 amide bonds. The van der Waals surface area contributed by atoms with Gasteiger partial charge in [-0.25, -0.2) is 9.97 Å². The predicted molar refractivity (Wildman–Crippen MR) is 66.4 cm³/mol. The van der Waals surface area contributed by atoms with Crippen LogP contribution in [0, 0.1) is 13.8 Å². The second-order valence-electron chi connectivity index (χ2n) is 4.25. The smallest absolute Gasteiger partial charge is 0.241 e. The first-order valence-electron chi connectivity index (χ1n) is 5.48. The van der Waals surface area contributed by atoms with E-state index in [0.717, 1.165) is 17.9 Å². The normalized spacial score (nSPS) is 16.6. The molecule has 2 heterocycles. The van der Waals surface area contributed by atoms with Gasteiger partial charge in [0.25, 0.3) is 0 Å². The number of carbonyl (C=O) groups excluding carboxylic acids is 1. The van der Waals surface area contributed by atoms with E-state index in [1.165, 1.54) is 0 Å². The Kier molecular flexibility index (Phi) is 3.19. The van der Waals surface area contributed by atoms with E-state index in [-0.39, 0.29) is 5.91 Å². The third kappa shape index (κ3) is 2.34. The topological polar surface area (TPSA) is 49.3 Å². The largest absolute Gasteiger partial charge is 0.345 e. The average molecular weight is 255 g/mol. The Balaban J connectivity index is 2.32. The van der Waals surface area contributed by atoms with Gasteiger partial charge < -0.3 is 9.80 Å². The maximum absolute atomic E-state index is 11.7. The molecule has 0 bridgehead atoms. The molecule has 0 radical (unpaired) electrons. The minimum absolute atomic E-state index is 0.100. The summed E-state index contributed by atoms with van der Waals surface area (Å²) in [4.78, 5) is 23.8. The van der Waals surface area contributed by atoms with Crippen molar-refractivity contribution in [1.82, 2.24) is 14.9 Å². The van der Waals surface area contributed by atoms with E-state index >= 15 is 0 Å². The number of rotatable bonds is 1. The van der Waals surface area contributed by atoms with Crippen LogP contribution < -0.4 is 4.90 Å². The van der Waals surface area contributed by atoms with Gasteiger partial charge in [-0.2, -0.15) is 0 Å². The molecule has 0 unspecified atom stereocenters. The molecule has 1 aromatic heterocycles. The van der Waals surface area contributed by atoms with Gasteiger partial charge in [0.2, 0.25) is 5.91 Å². The van der Waals surface area contributed by atoms with Gasteiger partial charge in [0, 0.05) is 25.7 Å². The molecular weight excluding hydrogens is 240 g/mol. The quantitative estimate of drug-likeness (QED) is 0.703. The van der Waals surface area contributed by atoms with Crippen LogP contribution in [0.3, 0.4) is 0 Å². The second-order valence-corrected chi connectivity index (χ2v) is 4.61. The zero-order valence-electron chi connectivity index (χ0n) is 10.2. The minimum atomic E-state index is 0.100. The first-order valence-corrected chi connectivity index (χ1v) is 5.86. The number of anilines is 1. The first-order chi connectivity index (χ1) is 7.99. The highest BCUT2D eigenvalue weighted by Gasteiger charge is 2.24. The number of aryl methyl sites for hydroxylation is 1. The summed E-state index contributed by atoms with van der Waals surface area (Å²) in [6.07, 6.45) is 0. The molecule has 92 valence electrons. The molecule has 1 saturated heterocycles. The van der Waals surface area contributed by atoms with Crippen LogP contribution in [0.25, 0.3) is 0 Å². The van der Waals surface area contributed by atoms with Crippen LogP contribution in [0.2, 0.25) is 5.15 Å². The first kappa shape index (κ1) is 12.1. The summed E-state index contributed by atoms with van der Waals surface area (Å²) >= 11 is 6.03. The van der Waals surface area contributed by atoms with Crippen LogP contribution in [-0.2, 0) is 4.79 Å². The summed E-state index contributed by atoms with van der Waals surface area (Å²) in [6, 6.07) is 0. The Labute approximate surface area is 105 Å². The number of halogens is 1. The monoisotopic (exact) mass is 254 g/mol. The second kappa shape index (κ2) is 4.49. The molecule has 17 heavy (non-hydrogen) atoms. The molecular formula is C11H15ClN4O. The SMILES string of the molecule is Cc1nc(Cl)c(C)c(N2CCN(C)C(=O)C2)n1. The standard InChI is InChI=1S/C11H15ClN4O/c1-7-10(12)13-8(2)14-11(7)16-5-4-15(3)9(17)6-16/h4-6H2,1-3H3. The number of hydrogen-bond acceptors (Lipinski definition) is 4. The maximum Gasteiger partial charge on any atom is 0.241 e. The lowest BCUT2D eigenvalue weighted by atomic mass is 10.2. The maximum atomic E-state index is 11.7. The molecule has 0 saturated carbocycles. The highest BCUT2D eigenvalue weighted by atomic mass is 35.5. The Morgan fingerprint density at radius 2 is 1.94 bits per heavy atom. The van der Waals surface area contributed by atoms with Gasteiger partial charge in [0.15, 0.2) is 0 Å². The van der Waals surface area contributed by atoms with Crippen molar-refractivity contribution in [2.24, 2.45) is 0 Å². The number of aromatic nitrogens is 2.